The van der Waals surface area contributed by atoms with Gasteiger partial charge in [0.25, 0.3) is 5.56 Å². The topological polar surface area (TPSA) is 75.1 Å². The van der Waals surface area contributed by atoms with Gasteiger partial charge in [-0.1, -0.05) is 0 Å². The second-order valence-corrected chi connectivity index (χ2v) is 3.75. The number of hydrogen-bond acceptors (Lipinski definition) is 4. The fraction of sp³-hybridized carbons (Fsp3) is 0.444. The van der Waals surface area contributed by atoms with Crippen molar-refractivity contribution >= 4 is 5.65 Å². The fourth-order valence-electron chi connectivity index (χ4n) is 1.97. The number of rotatable bonds is 1. The molecule has 2 aromatic heterocycles. The molecule has 0 saturated carbocycles. The third-order valence-corrected chi connectivity index (χ3v) is 2.74. The standard InChI is InChI=1S/C9H11N5O/c15-8-2-1-7-11-12-9(14(7)13-8)6-3-4-10-5-6/h1-2,6,10H,3-5H2,(H,13,15). The van der Waals surface area contributed by atoms with E-state index in [2.05, 4.69) is 20.6 Å². The average molecular weight is 205 g/mol. The molecule has 15 heavy (non-hydrogen) atoms. The summed E-state index contributed by atoms with van der Waals surface area (Å²) in [6, 6.07) is 3.14. The Labute approximate surface area is 85.3 Å². The molecule has 0 bridgehead atoms. The highest BCUT2D eigenvalue weighted by Gasteiger charge is 2.22. The first-order valence-corrected chi connectivity index (χ1v) is 5.00. The Morgan fingerprint density at radius 2 is 2.33 bits per heavy atom. The maximum absolute atomic E-state index is 11.2. The Bertz CT molecular complexity index is 537. The van der Waals surface area contributed by atoms with Gasteiger partial charge in [-0.05, 0) is 19.0 Å². The predicted octanol–water partition coefficient (Wildman–Crippen LogP) is -0.506. The molecular formula is C9H11N5O. The van der Waals surface area contributed by atoms with Crippen LogP contribution in [0.1, 0.15) is 18.2 Å². The molecule has 78 valence electrons. The van der Waals surface area contributed by atoms with Crippen LogP contribution in [-0.4, -0.2) is 32.9 Å². The summed E-state index contributed by atoms with van der Waals surface area (Å²) in [6.45, 7) is 1.90. The first kappa shape index (κ1) is 8.60. The van der Waals surface area contributed by atoms with E-state index in [1.54, 1.807) is 10.6 Å². The monoisotopic (exact) mass is 205 g/mol. The Kier molecular flexibility index (Phi) is 1.81. The zero-order valence-electron chi connectivity index (χ0n) is 8.10. The molecule has 2 N–H and O–H groups in total. The molecule has 0 aromatic carbocycles. The van der Waals surface area contributed by atoms with Crippen LogP contribution in [0.25, 0.3) is 5.65 Å². The van der Waals surface area contributed by atoms with Gasteiger partial charge in [0.05, 0.1) is 0 Å². The lowest BCUT2D eigenvalue weighted by Gasteiger charge is -2.04. The minimum Gasteiger partial charge on any atom is -0.316 e. The summed E-state index contributed by atoms with van der Waals surface area (Å²) in [5.74, 6) is 1.19. The third-order valence-electron chi connectivity index (χ3n) is 2.74. The molecule has 1 aliphatic heterocycles. The van der Waals surface area contributed by atoms with Crippen LogP contribution < -0.4 is 10.9 Å². The summed E-state index contributed by atoms with van der Waals surface area (Å²) < 4.78 is 1.68. The number of nitrogens with one attached hydrogen (secondary N) is 2. The molecule has 3 rings (SSSR count). The highest BCUT2D eigenvalue weighted by molar-refractivity contribution is 5.35. The second kappa shape index (κ2) is 3.16. The highest BCUT2D eigenvalue weighted by atomic mass is 16.1. The van der Waals surface area contributed by atoms with Gasteiger partial charge < -0.3 is 5.32 Å². The summed E-state index contributed by atoms with van der Waals surface area (Å²) in [4.78, 5) is 11.2. The molecule has 0 radical (unpaired) electrons. The maximum Gasteiger partial charge on any atom is 0.263 e. The Hall–Kier alpha value is -1.69. The van der Waals surface area contributed by atoms with Gasteiger partial charge in [0.2, 0.25) is 0 Å². The largest absolute Gasteiger partial charge is 0.316 e. The lowest BCUT2D eigenvalue weighted by Crippen LogP contribution is -2.15. The first-order valence-electron chi connectivity index (χ1n) is 5.00. The van der Waals surface area contributed by atoms with E-state index in [9.17, 15) is 4.79 Å². The molecule has 2 aromatic rings. The van der Waals surface area contributed by atoms with Crippen molar-refractivity contribution in [3.05, 3.63) is 28.3 Å². The van der Waals surface area contributed by atoms with Crippen molar-refractivity contribution in [1.82, 2.24) is 25.1 Å². The van der Waals surface area contributed by atoms with E-state index >= 15 is 0 Å². The number of aromatic amines is 1. The molecule has 1 atom stereocenters. The summed E-state index contributed by atoms with van der Waals surface area (Å²) in [7, 11) is 0. The predicted molar refractivity (Wildman–Crippen MR) is 53.8 cm³/mol. The van der Waals surface area contributed by atoms with Gasteiger partial charge in [-0.25, -0.2) is 4.52 Å². The van der Waals surface area contributed by atoms with Crippen molar-refractivity contribution in [3.63, 3.8) is 0 Å². The molecule has 6 nitrogen and oxygen atoms in total. The summed E-state index contributed by atoms with van der Waals surface area (Å²) in [5, 5.41) is 14.1. The molecule has 0 aliphatic carbocycles. The van der Waals surface area contributed by atoms with E-state index in [0.717, 1.165) is 25.3 Å². The SMILES string of the molecule is O=c1ccc2nnc(C3CCNC3)n2[nH]1. The zero-order valence-corrected chi connectivity index (χ0v) is 8.10. The molecule has 0 spiro atoms. The van der Waals surface area contributed by atoms with E-state index in [1.807, 2.05) is 0 Å². The smallest absolute Gasteiger partial charge is 0.263 e. The minimum absolute atomic E-state index is 0.130. The quantitative estimate of drug-likeness (QED) is 0.657. The fourth-order valence-corrected chi connectivity index (χ4v) is 1.97. The van der Waals surface area contributed by atoms with Crippen LogP contribution in [0.5, 0.6) is 0 Å². The number of H-pyrrole nitrogens is 1. The van der Waals surface area contributed by atoms with Crippen molar-refractivity contribution in [2.24, 2.45) is 0 Å². The Morgan fingerprint density at radius 3 is 3.13 bits per heavy atom. The Morgan fingerprint density at radius 1 is 1.40 bits per heavy atom. The van der Waals surface area contributed by atoms with Crippen molar-refractivity contribution in [2.75, 3.05) is 13.1 Å². The van der Waals surface area contributed by atoms with Crippen LogP contribution in [0.4, 0.5) is 0 Å². The van der Waals surface area contributed by atoms with Gasteiger partial charge in [-0.3, -0.25) is 9.89 Å². The van der Waals surface area contributed by atoms with Crippen LogP contribution in [0.2, 0.25) is 0 Å². The number of fused-ring (bicyclic) bond motifs is 1. The molecule has 0 amide bonds. The molecule has 1 unspecified atom stereocenters. The molecule has 3 heterocycles. The number of nitrogens with zero attached hydrogens (tertiary/aromatic N) is 3. The summed E-state index contributed by atoms with van der Waals surface area (Å²) in [5.41, 5.74) is 0.561. The van der Waals surface area contributed by atoms with Crippen LogP contribution in [0, 0.1) is 0 Å². The van der Waals surface area contributed by atoms with Crippen molar-refractivity contribution in [2.45, 2.75) is 12.3 Å². The van der Waals surface area contributed by atoms with E-state index in [1.165, 1.54) is 6.07 Å². The second-order valence-electron chi connectivity index (χ2n) is 3.75. The normalized spacial score (nSPS) is 21.2. The van der Waals surface area contributed by atoms with Gasteiger partial charge in [0.15, 0.2) is 11.5 Å². The zero-order chi connectivity index (χ0) is 10.3. The lowest BCUT2D eigenvalue weighted by atomic mass is 10.1. The summed E-state index contributed by atoms with van der Waals surface area (Å²) in [6.07, 6.45) is 1.04. The van der Waals surface area contributed by atoms with Crippen molar-refractivity contribution < 1.29 is 0 Å². The van der Waals surface area contributed by atoms with E-state index in [4.69, 9.17) is 0 Å². The van der Waals surface area contributed by atoms with Gasteiger partial charge >= 0.3 is 0 Å². The third kappa shape index (κ3) is 1.33. The van der Waals surface area contributed by atoms with Crippen LogP contribution in [-0.2, 0) is 0 Å². The van der Waals surface area contributed by atoms with Crippen molar-refractivity contribution in [3.8, 4) is 0 Å². The minimum atomic E-state index is -0.130. The van der Waals surface area contributed by atoms with E-state index in [0.29, 0.717) is 11.6 Å². The van der Waals surface area contributed by atoms with Crippen LogP contribution in [0.15, 0.2) is 16.9 Å². The van der Waals surface area contributed by atoms with Crippen LogP contribution in [0.3, 0.4) is 0 Å². The van der Waals surface area contributed by atoms with Gasteiger partial charge in [0, 0.05) is 18.5 Å². The number of hydrogen-bond donors (Lipinski definition) is 2. The Balaban J connectivity index is 2.17. The molecular weight excluding hydrogens is 194 g/mol. The van der Waals surface area contributed by atoms with Crippen molar-refractivity contribution in [1.29, 1.82) is 0 Å². The lowest BCUT2D eigenvalue weighted by molar-refractivity contribution is 0.663. The molecule has 1 saturated heterocycles. The van der Waals surface area contributed by atoms with E-state index in [-0.39, 0.29) is 5.56 Å². The first-order chi connectivity index (χ1) is 7.34. The highest BCUT2D eigenvalue weighted by Crippen LogP contribution is 2.19. The van der Waals surface area contributed by atoms with Gasteiger partial charge in [-0.2, -0.15) is 0 Å². The maximum atomic E-state index is 11.2. The molecule has 1 fully saturated rings. The van der Waals surface area contributed by atoms with Gasteiger partial charge in [-0.15, -0.1) is 10.2 Å². The number of aromatic nitrogens is 4. The molecule has 6 heteroatoms. The van der Waals surface area contributed by atoms with Crippen LogP contribution >= 0.6 is 0 Å². The molecule has 1 aliphatic rings. The van der Waals surface area contributed by atoms with E-state index < -0.39 is 0 Å². The van der Waals surface area contributed by atoms with Gasteiger partial charge in [0.1, 0.15) is 0 Å². The average Bonchev–Trinajstić information content (AvgIpc) is 2.83. The summed E-state index contributed by atoms with van der Waals surface area (Å²) >= 11 is 0.